The summed E-state index contributed by atoms with van der Waals surface area (Å²) in [6.45, 7) is 8.21. The molecule has 2 aliphatic heterocycles. The Balaban J connectivity index is 1.60. The summed E-state index contributed by atoms with van der Waals surface area (Å²) >= 11 is 0. The Morgan fingerprint density at radius 1 is 1.09 bits per heavy atom. The molecule has 2 N–H and O–H groups in total. The van der Waals surface area contributed by atoms with Gasteiger partial charge in [-0.15, -0.1) is 0 Å². The van der Waals surface area contributed by atoms with Gasteiger partial charge in [0.1, 0.15) is 12.1 Å². The zero-order valence-electron chi connectivity index (χ0n) is 19.9. The Morgan fingerprint density at radius 2 is 1.76 bits per heavy atom. The standard InChI is InChI=1S/C26H30N4O4/c1-16-5-7-17(8-6-16)18-9-10-20-19(13-18)24(33)30-12-11-29(14-21(30)23(32)28-20)25(34)22(27-15-31)26(2,3)4/h5-10,13,15,21-22H,11-12,14H2,1-4H3,(H,27,31)(H,28,32). The molecule has 2 aliphatic rings. The summed E-state index contributed by atoms with van der Waals surface area (Å²) in [5, 5.41) is 5.48. The number of rotatable bonds is 4. The highest BCUT2D eigenvalue weighted by molar-refractivity contribution is 6.11. The molecule has 34 heavy (non-hydrogen) atoms. The minimum Gasteiger partial charge on any atom is -0.346 e. The normalized spacial score (nSPS) is 18.9. The van der Waals surface area contributed by atoms with Crippen molar-refractivity contribution in [1.82, 2.24) is 15.1 Å². The van der Waals surface area contributed by atoms with E-state index in [9.17, 15) is 19.2 Å². The van der Waals surface area contributed by atoms with Gasteiger partial charge in [-0.05, 0) is 35.6 Å². The maximum atomic E-state index is 13.5. The molecular weight excluding hydrogens is 432 g/mol. The number of aryl methyl sites for hydroxylation is 1. The van der Waals surface area contributed by atoms with Gasteiger partial charge in [0.05, 0.1) is 17.8 Å². The fourth-order valence-corrected chi connectivity index (χ4v) is 4.52. The van der Waals surface area contributed by atoms with Crippen molar-refractivity contribution in [3.8, 4) is 11.1 Å². The molecule has 0 spiro atoms. The van der Waals surface area contributed by atoms with Gasteiger partial charge in [0, 0.05) is 13.1 Å². The summed E-state index contributed by atoms with van der Waals surface area (Å²) in [6.07, 6.45) is 0.522. The molecule has 4 rings (SSSR count). The minimum absolute atomic E-state index is 0.0718. The molecule has 2 aromatic carbocycles. The fourth-order valence-electron chi connectivity index (χ4n) is 4.52. The Morgan fingerprint density at radius 3 is 2.41 bits per heavy atom. The van der Waals surface area contributed by atoms with E-state index in [-0.39, 0.29) is 37.4 Å². The van der Waals surface area contributed by atoms with Crippen LogP contribution in [0.4, 0.5) is 5.69 Å². The molecule has 0 saturated carbocycles. The second-order valence-electron chi connectivity index (χ2n) is 10.00. The van der Waals surface area contributed by atoms with E-state index in [0.717, 1.165) is 16.7 Å². The summed E-state index contributed by atoms with van der Waals surface area (Å²) in [5.41, 5.74) is 3.42. The number of piperazine rings is 1. The van der Waals surface area contributed by atoms with Crippen molar-refractivity contribution in [2.45, 2.75) is 39.8 Å². The van der Waals surface area contributed by atoms with Gasteiger partial charge in [-0.2, -0.15) is 0 Å². The van der Waals surface area contributed by atoms with E-state index in [1.807, 2.05) is 64.1 Å². The Hall–Kier alpha value is -3.68. The van der Waals surface area contributed by atoms with Crippen LogP contribution >= 0.6 is 0 Å². The third-order valence-electron chi connectivity index (χ3n) is 6.50. The molecule has 2 unspecified atom stereocenters. The quantitative estimate of drug-likeness (QED) is 0.682. The Bertz CT molecular complexity index is 1140. The van der Waals surface area contributed by atoms with E-state index in [0.29, 0.717) is 17.7 Å². The summed E-state index contributed by atoms with van der Waals surface area (Å²) in [5.74, 6) is -0.830. The van der Waals surface area contributed by atoms with Gasteiger partial charge < -0.3 is 20.4 Å². The van der Waals surface area contributed by atoms with E-state index in [4.69, 9.17) is 0 Å². The molecule has 0 bridgehead atoms. The summed E-state index contributed by atoms with van der Waals surface area (Å²) < 4.78 is 0. The molecule has 178 valence electrons. The van der Waals surface area contributed by atoms with E-state index in [2.05, 4.69) is 10.6 Å². The third kappa shape index (κ3) is 4.40. The molecule has 8 heteroatoms. The number of benzene rings is 2. The lowest BCUT2D eigenvalue weighted by molar-refractivity contribution is -0.141. The van der Waals surface area contributed by atoms with Crippen molar-refractivity contribution < 1.29 is 19.2 Å². The number of carbonyl (C=O) groups excluding carboxylic acids is 4. The van der Waals surface area contributed by atoms with Crippen LogP contribution in [-0.4, -0.2) is 65.6 Å². The van der Waals surface area contributed by atoms with Gasteiger partial charge >= 0.3 is 0 Å². The molecule has 2 atom stereocenters. The minimum atomic E-state index is -0.808. The average molecular weight is 463 g/mol. The topological polar surface area (TPSA) is 98.8 Å². The predicted molar refractivity (Wildman–Crippen MR) is 129 cm³/mol. The molecule has 4 amide bonds. The summed E-state index contributed by atoms with van der Waals surface area (Å²) in [7, 11) is 0. The van der Waals surface area contributed by atoms with Gasteiger partial charge in [-0.1, -0.05) is 56.7 Å². The Labute approximate surface area is 199 Å². The smallest absolute Gasteiger partial charge is 0.256 e. The van der Waals surface area contributed by atoms with E-state index < -0.39 is 17.5 Å². The number of fused-ring (bicyclic) bond motifs is 2. The van der Waals surface area contributed by atoms with Gasteiger partial charge in [-0.3, -0.25) is 19.2 Å². The first kappa shape index (κ1) is 23.5. The highest BCUT2D eigenvalue weighted by Gasteiger charge is 2.43. The van der Waals surface area contributed by atoms with Crippen LogP contribution < -0.4 is 10.6 Å². The molecule has 0 aliphatic carbocycles. The van der Waals surface area contributed by atoms with Gasteiger partial charge in [-0.25, -0.2) is 0 Å². The van der Waals surface area contributed by atoms with Gasteiger partial charge in [0.2, 0.25) is 18.2 Å². The third-order valence-corrected chi connectivity index (χ3v) is 6.50. The fraction of sp³-hybridized carbons (Fsp3) is 0.385. The zero-order chi connectivity index (χ0) is 24.6. The zero-order valence-corrected chi connectivity index (χ0v) is 19.9. The highest BCUT2D eigenvalue weighted by atomic mass is 16.2. The number of hydrogen-bond donors (Lipinski definition) is 2. The van der Waals surface area contributed by atoms with E-state index >= 15 is 0 Å². The second-order valence-corrected chi connectivity index (χ2v) is 10.00. The predicted octanol–water partition coefficient (Wildman–Crippen LogP) is 2.43. The van der Waals surface area contributed by atoms with Crippen LogP contribution in [0.25, 0.3) is 11.1 Å². The Kier molecular flexibility index (Phi) is 6.17. The van der Waals surface area contributed by atoms with E-state index in [1.54, 1.807) is 15.9 Å². The first-order valence-electron chi connectivity index (χ1n) is 11.4. The van der Waals surface area contributed by atoms with Crippen LogP contribution in [0.1, 0.15) is 36.7 Å². The number of carbonyl (C=O) groups is 4. The lowest BCUT2D eigenvalue weighted by atomic mass is 9.85. The van der Waals surface area contributed by atoms with E-state index in [1.165, 1.54) is 0 Å². The van der Waals surface area contributed by atoms with Crippen LogP contribution in [0.3, 0.4) is 0 Å². The average Bonchev–Trinajstić information content (AvgIpc) is 2.91. The lowest BCUT2D eigenvalue weighted by Crippen LogP contribution is -2.63. The van der Waals surface area contributed by atoms with Crippen molar-refractivity contribution in [3.63, 3.8) is 0 Å². The number of nitrogens with zero attached hydrogens (tertiary/aromatic N) is 2. The van der Waals surface area contributed by atoms with Crippen LogP contribution in [0.2, 0.25) is 0 Å². The van der Waals surface area contributed by atoms with Crippen LogP contribution in [0, 0.1) is 12.3 Å². The molecule has 0 radical (unpaired) electrons. The number of anilines is 1. The van der Waals surface area contributed by atoms with Crippen LogP contribution in [0.15, 0.2) is 42.5 Å². The van der Waals surface area contributed by atoms with Crippen LogP contribution in [0.5, 0.6) is 0 Å². The number of nitrogens with one attached hydrogen (secondary N) is 2. The lowest BCUT2D eigenvalue weighted by Gasteiger charge is -2.42. The SMILES string of the molecule is Cc1ccc(-c2ccc3c(c2)C(=O)N2CCN(C(=O)C(NC=O)C(C)(C)C)CC2C(=O)N3)cc1. The molecule has 1 fully saturated rings. The maximum Gasteiger partial charge on any atom is 0.256 e. The molecule has 8 nitrogen and oxygen atoms in total. The summed E-state index contributed by atoms with van der Waals surface area (Å²) in [4.78, 5) is 54.0. The monoisotopic (exact) mass is 462 g/mol. The molecule has 2 heterocycles. The van der Waals surface area contributed by atoms with Crippen molar-refractivity contribution in [2.24, 2.45) is 5.41 Å². The second kappa shape index (κ2) is 8.93. The number of hydrogen-bond acceptors (Lipinski definition) is 4. The van der Waals surface area contributed by atoms with Crippen molar-refractivity contribution in [2.75, 3.05) is 25.0 Å². The van der Waals surface area contributed by atoms with Gasteiger partial charge in [0.25, 0.3) is 5.91 Å². The largest absolute Gasteiger partial charge is 0.346 e. The first-order valence-corrected chi connectivity index (χ1v) is 11.4. The van der Waals surface area contributed by atoms with Gasteiger partial charge in [0.15, 0.2) is 0 Å². The molecule has 2 aromatic rings. The first-order chi connectivity index (χ1) is 16.1. The van der Waals surface area contributed by atoms with Crippen molar-refractivity contribution in [1.29, 1.82) is 0 Å². The molecule has 1 saturated heterocycles. The maximum absolute atomic E-state index is 13.5. The van der Waals surface area contributed by atoms with Crippen molar-refractivity contribution >= 4 is 29.8 Å². The molecular formula is C26H30N4O4. The van der Waals surface area contributed by atoms with Crippen molar-refractivity contribution in [3.05, 3.63) is 53.6 Å². The highest BCUT2D eigenvalue weighted by Crippen LogP contribution is 2.31. The van der Waals surface area contributed by atoms with Crippen LogP contribution in [-0.2, 0) is 14.4 Å². The number of amides is 4. The molecule has 0 aromatic heterocycles. The summed E-state index contributed by atoms with van der Waals surface area (Å²) in [6, 6.07) is 12.0.